The highest BCUT2D eigenvalue weighted by atomic mass is 79.9. The summed E-state index contributed by atoms with van der Waals surface area (Å²) in [5.74, 6) is -1.66. The quantitative estimate of drug-likeness (QED) is 0.806. The first-order chi connectivity index (χ1) is 9.43. The summed E-state index contributed by atoms with van der Waals surface area (Å²) < 4.78 is 34.0. The number of methoxy groups -OCH3 is 1. The van der Waals surface area contributed by atoms with Crippen LogP contribution in [-0.4, -0.2) is 12.2 Å². The van der Waals surface area contributed by atoms with E-state index in [1.807, 2.05) is 0 Å². The lowest BCUT2D eigenvalue weighted by Crippen LogP contribution is -2.07. The third-order valence-corrected chi connectivity index (χ3v) is 4.03. The fourth-order valence-electron chi connectivity index (χ4n) is 1.82. The van der Waals surface area contributed by atoms with Gasteiger partial charge in [0.05, 0.1) is 12.7 Å². The van der Waals surface area contributed by atoms with Gasteiger partial charge in [-0.1, -0.05) is 31.9 Å². The fourth-order valence-corrected chi connectivity index (χ4v) is 2.66. The van der Waals surface area contributed by atoms with Crippen LogP contribution < -0.4 is 4.74 Å². The molecule has 2 rings (SSSR count). The van der Waals surface area contributed by atoms with Crippen LogP contribution in [0.4, 0.5) is 8.78 Å². The van der Waals surface area contributed by atoms with Gasteiger partial charge in [-0.15, -0.1) is 0 Å². The van der Waals surface area contributed by atoms with Gasteiger partial charge in [0.2, 0.25) is 0 Å². The minimum atomic E-state index is -1.42. The van der Waals surface area contributed by atoms with Crippen LogP contribution in [0, 0.1) is 11.6 Å². The average Bonchev–Trinajstić information content (AvgIpc) is 2.40. The van der Waals surface area contributed by atoms with Crippen molar-refractivity contribution >= 4 is 31.9 Å². The second-order valence-corrected chi connectivity index (χ2v) is 5.84. The third-order valence-electron chi connectivity index (χ3n) is 2.81. The number of ether oxygens (including phenoxy) is 1. The summed E-state index contributed by atoms with van der Waals surface area (Å²) in [5.41, 5.74) is -0.0491. The molecular weight excluding hydrogens is 398 g/mol. The molecule has 2 nitrogen and oxygen atoms in total. The summed E-state index contributed by atoms with van der Waals surface area (Å²) in [6, 6.07) is 7.10. The van der Waals surface area contributed by atoms with Gasteiger partial charge >= 0.3 is 0 Å². The van der Waals surface area contributed by atoms with Crippen LogP contribution in [0.1, 0.15) is 17.2 Å². The molecule has 0 saturated carbocycles. The van der Waals surface area contributed by atoms with E-state index in [0.29, 0.717) is 14.5 Å². The predicted molar refractivity (Wildman–Crippen MR) is 78.8 cm³/mol. The summed E-state index contributed by atoms with van der Waals surface area (Å²) >= 11 is 6.51. The molecule has 20 heavy (non-hydrogen) atoms. The number of hydrogen-bond acceptors (Lipinski definition) is 2. The zero-order valence-corrected chi connectivity index (χ0v) is 13.5. The van der Waals surface area contributed by atoms with Crippen LogP contribution >= 0.6 is 31.9 Å². The monoisotopic (exact) mass is 406 g/mol. The van der Waals surface area contributed by atoms with E-state index in [9.17, 15) is 13.9 Å². The minimum absolute atomic E-state index is 0.0595. The molecule has 0 aliphatic rings. The molecule has 0 heterocycles. The first kappa shape index (κ1) is 15.4. The second-order valence-electron chi connectivity index (χ2n) is 4.07. The van der Waals surface area contributed by atoms with Gasteiger partial charge in [-0.3, -0.25) is 0 Å². The molecule has 106 valence electrons. The molecule has 0 aliphatic heterocycles. The number of halogens is 4. The van der Waals surface area contributed by atoms with Crippen LogP contribution in [0.15, 0.2) is 39.3 Å². The van der Waals surface area contributed by atoms with E-state index < -0.39 is 23.3 Å². The van der Waals surface area contributed by atoms with E-state index in [1.54, 1.807) is 18.2 Å². The van der Waals surface area contributed by atoms with E-state index in [4.69, 9.17) is 4.74 Å². The molecule has 0 spiro atoms. The minimum Gasteiger partial charge on any atom is -0.497 e. The van der Waals surface area contributed by atoms with Crippen LogP contribution in [0.5, 0.6) is 5.75 Å². The molecule has 2 aromatic carbocycles. The predicted octanol–water partition coefficient (Wildman–Crippen LogP) is 4.58. The number of hydrogen-bond donors (Lipinski definition) is 1. The van der Waals surface area contributed by atoms with Crippen molar-refractivity contribution in [2.75, 3.05) is 7.11 Å². The Morgan fingerprint density at radius 1 is 1.10 bits per heavy atom. The molecule has 0 radical (unpaired) electrons. The van der Waals surface area contributed by atoms with E-state index in [0.717, 1.165) is 12.1 Å². The van der Waals surface area contributed by atoms with E-state index in [1.165, 1.54) is 7.11 Å². The Bertz CT molecular complexity index is 624. The van der Waals surface area contributed by atoms with E-state index in [2.05, 4.69) is 31.9 Å². The molecule has 0 fully saturated rings. The largest absolute Gasteiger partial charge is 0.497 e. The summed E-state index contributed by atoms with van der Waals surface area (Å²) in [6.45, 7) is 0. The maximum absolute atomic E-state index is 14.0. The Balaban J connectivity index is 2.53. The first-order valence-electron chi connectivity index (χ1n) is 5.60. The molecule has 0 amide bonds. The first-order valence-corrected chi connectivity index (χ1v) is 7.18. The van der Waals surface area contributed by atoms with Gasteiger partial charge in [-0.25, -0.2) is 8.78 Å². The highest BCUT2D eigenvalue weighted by Crippen LogP contribution is 2.34. The van der Waals surface area contributed by atoms with Crippen LogP contribution in [0.2, 0.25) is 0 Å². The lowest BCUT2D eigenvalue weighted by Gasteiger charge is -2.16. The average molecular weight is 408 g/mol. The van der Waals surface area contributed by atoms with Crippen molar-refractivity contribution in [1.29, 1.82) is 0 Å². The zero-order valence-electron chi connectivity index (χ0n) is 10.3. The molecule has 6 heteroatoms. The van der Waals surface area contributed by atoms with Gasteiger partial charge in [0, 0.05) is 26.6 Å². The second kappa shape index (κ2) is 6.20. The number of benzene rings is 2. The molecule has 2 aromatic rings. The Morgan fingerprint density at radius 3 is 2.25 bits per heavy atom. The van der Waals surface area contributed by atoms with Crippen molar-refractivity contribution < 1.29 is 18.6 Å². The number of rotatable bonds is 3. The summed E-state index contributed by atoms with van der Waals surface area (Å²) in [4.78, 5) is 0. The molecule has 1 atom stereocenters. The van der Waals surface area contributed by atoms with Gasteiger partial charge in [-0.05, 0) is 18.2 Å². The topological polar surface area (TPSA) is 29.5 Å². The lowest BCUT2D eigenvalue weighted by molar-refractivity contribution is 0.208. The van der Waals surface area contributed by atoms with E-state index in [-0.39, 0.29) is 5.75 Å². The third kappa shape index (κ3) is 3.02. The van der Waals surface area contributed by atoms with Gasteiger partial charge in [0.1, 0.15) is 23.5 Å². The molecular formula is C14H10Br2F2O2. The summed E-state index contributed by atoms with van der Waals surface area (Å²) in [5, 5.41) is 10.3. The maximum Gasteiger partial charge on any atom is 0.135 e. The Morgan fingerprint density at radius 2 is 1.70 bits per heavy atom. The van der Waals surface area contributed by atoms with Crippen molar-refractivity contribution in [3.05, 3.63) is 62.0 Å². The van der Waals surface area contributed by atoms with Gasteiger partial charge in [-0.2, -0.15) is 0 Å². The molecule has 0 bridgehead atoms. The van der Waals surface area contributed by atoms with Crippen LogP contribution in [0.25, 0.3) is 0 Å². The van der Waals surface area contributed by atoms with Gasteiger partial charge in [0.15, 0.2) is 0 Å². The van der Waals surface area contributed by atoms with Crippen molar-refractivity contribution in [2.24, 2.45) is 0 Å². The van der Waals surface area contributed by atoms with Crippen LogP contribution in [0.3, 0.4) is 0 Å². The highest BCUT2D eigenvalue weighted by molar-refractivity contribution is 9.11. The molecule has 0 saturated heterocycles. The Kier molecular flexibility index (Phi) is 4.78. The maximum atomic E-state index is 14.0. The Labute approximate surface area is 131 Å². The lowest BCUT2D eigenvalue weighted by atomic mass is 10.0. The molecule has 1 N–H and O–H groups in total. The van der Waals surface area contributed by atoms with Gasteiger partial charge < -0.3 is 9.84 Å². The SMILES string of the molecule is COc1cc(F)c(C(O)c2cc(Br)ccc2Br)c(F)c1. The fraction of sp³-hybridized carbons (Fsp3) is 0.143. The number of aliphatic hydroxyl groups excluding tert-OH is 1. The van der Waals surface area contributed by atoms with Crippen molar-refractivity contribution in [1.82, 2.24) is 0 Å². The molecule has 1 unspecified atom stereocenters. The van der Waals surface area contributed by atoms with Crippen molar-refractivity contribution in [2.45, 2.75) is 6.10 Å². The summed E-state index contributed by atoms with van der Waals surface area (Å²) in [6.07, 6.45) is -1.42. The zero-order chi connectivity index (χ0) is 14.9. The smallest absolute Gasteiger partial charge is 0.135 e. The normalized spacial score (nSPS) is 12.3. The van der Waals surface area contributed by atoms with Crippen molar-refractivity contribution in [3.8, 4) is 5.75 Å². The highest BCUT2D eigenvalue weighted by Gasteiger charge is 2.23. The molecule has 0 aliphatic carbocycles. The molecule has 0 aromatic heterocycles. The standard InChI is InChI=1S/C14H10Br2F2O2/c1-20-8-5-11(17)13(12(18)6-8)14(19)9-4-7(15)2-3-10(9)16/h2-6,14,19H,1H3. The van der Waals surface area contributed by atoms with Crippen LogP contribution in [-0.2, 0) is 0 Å². The Hall–Kier alpha value is -0.980. The number of aliphatic hydroxyl groups is 1. The van der Waals surface area contributed by atoms with Crippen molar-refractivity contribution in [3.63, 3.8) is 0 Å². The van der Waals surface area contributed by atoms with E-state index >= 15 is 0 Å². The summed E-state index contributed by atoms with van der Waals surface area (Å²) in [7, 11) is 1.31. The van der Waals surface area contributed by atoms with Gasteiger partial charge in [0.25, 0.3) is 0 Å².